The van der Waals surface area contributed by atoms with Crippen molar-refractivity contribution in [1.82, 2.24) is 9.62 Å². The lowest BCUT2D eigenvalue weighted by atomic mass is 9.94. The number of amidine groups is 1. The Morgan fingerprint density at radius 2 is 1.93 bits per heavy atom. The van der Waals surface area contributed by atoms with Crippen molar-refractivity contribution in [1.29, 1.82) is 0 Å². The zero-order valence-corrected chi connectivity index (χ0v) is 17.4. The summed E-state index contributed by atoms with van der Waals surface area (Å²) in [6.07, 6.45) is 5.43. The molecule has 1 aliphatic carbocycles. The highest BCUT2D eigenvalue weighted by Gasteiger charge is 2.30. The lowest BCUT2D eigenvalue weighted by Gasteiger charge is -2.33. The van der Waals surface area contributed by atoms with Gasteiger partial charge in [-0.25, -0.2) is 8.42 Å². The average Bonchev–Trinajstić information content (AvgIpc) is 2.98. The number of esters is 1. The number of nitrogens with one attached hydrogen (secondary N) is 1. The summed E-state index contributed by atoms with van der Waals surface area (Å²) in [5.41, 5.74) is 0.488. The zero-order chi connectivity index (χ0) is 20.9. The molecule has 3 rings (SSSR count). The van der Waals surface area contributed by atoms with E-state index in [4.69, 9.17) is 4.74 Å². The van der Waals surface area contributed by atoms with Gasteiger partial charge in [0, 0.05) is 18.2 Å². The van der Waals surface area contributed by atoms with Gasteiger partial charge >= 0.3 is 5.97 Å². The number of hydrogen-bond donors (Lipinski definition) is 1. The molecule has 0 bridgehead atoms. The van der Waals surface area contributed by atoms with Crippen LogP contribution in [-0.4, -0.2) is 56.8 Å². The number of nitrogens with zero attached hydrogens (tertiary/aromatic N) is 2. The van der Waals surface area contributed by atoms with Gasteiger partial charge in [0.15, 0.2) is 6.61 Å². The van der Waals surface area contributed by atoms with Crippen molar-refractivity contribution in [3.63, 3.8) is 0 Å². The van der Waals surface area contributed by atoms with Crippen LogP contribution >= 0.6 is 0 Å². The van der Waals surface area contributed by atoms with Gasteiger partial charge in [-0.05, 0) is 31.9 Å². The Hall–Kier alpha value is -2.42. The number of aliphatic imine (C=N–C) groups is 1. The van der Waals surface area contributed by atoms with Gasteiger partial charge in [-0.1, -0.05) is 31.4 Å². The maximum absolute atomic E-state index is 12.4. The van der Waals surface area contributed by atoms with Crippen LogP contribution in [0, 0.1) is 0 Å². The van der Waals surface area contributed by atoms with Crippen molar-refractivity contribution in [3.05, 3.63) is 29.8 Å². The largest absolute Gasteiger partial charge is 0.456 e. The van der Waals surface area contributed by atoms with Crippen molar-refractivity contribution in [2.24, 2.45) is 4.99 Å². The van der Waals surface area contributed by atoms with E-state index in [1.807, 2.05) is 6.92 Å². The van der Waals surface area contributed by atoms with Gasteiger partial charge in [-0.3, -0.25) is 19.3 Å². The number of rotatable bonds is 7. The fraction of sp³-hybridized carbons (Fsp3) is 0.550. The summed E-state index contributed by atoms with van der Waals surface area (Å²) in [5.74, 6) is -0.480. The molecule has 0 atom stereocenters. The summed E-state index contributed by atoms with van der Waals surface area (Å²) in [4.78, 5) is 30.6. The molecule has 0 saturated heterocycles. The average molecular weight is 422 g/mol. The van der Waals surface area contributed by atoms with Gasteiger partial charge < -0.3 is 9.64 Å². The molecule has 0 spiro atoms. The number of carbonyl (C=O) groups excluding carboxylic acids is 2. The highest BCUT2D eigenvalue weighted by Crippen LogP contribution is 2.23. The molecular formula is C20H27N3O5S. The van der Waals surface area contributed by atoms with E-state index < -0.39 is 16.0 Å². The van der Waals surface area contributed by atoms with Crippen LogP contribution in [0.2, 0.25) is 0 Å². The van der Waals surface area contributed by atoms with Crippen LogP contribution in [-0.2, 0) is 24.3 Å². The van der Waals surface area contributed by atoms with E-state index in [9.17, 15) is 18.0 Å². The summed E-state index contributed by atoms with van der Waals surface area (Å²) < 4.78 is 31.6. The summed E-state index contributed by atoms with van der Waals surface area (Å²) >= 11 is 0. The molecule has 1 heterocycles. The Kier molecular flexibility index (Phi) is 6.89. The van der Waals surface area contributed by atoms with Gasteiger partial charge in [0.2, 0.25) is 0 Å². The molecule has 0 unspecified atom stereocenters. The highest BCUT2D eigenvalue weighted by atomic mass is 32.2. The maximum atomic E-state index is 12.4. The van der Waals surface area contributed by atoms with Crippen LogP contribution in [0.25, 0.3) is 0 Å². The number of hydrogen-bond acceptors (Lipinski definition) is 6. The van der Waals surface area contributed by atoms with Crippen molar-refractivity contribution in [2.45, 2.75) is 56.4 Å². The minimum absolute atomic E-state index is 0.0315. The van der Waals surface area contributed by atoms with E-state index in [1.165, 1.54) is 12.5 Å². The topological polar surface area (TPSA) is 105 Å². The van der Waals surface area contributed by atoms with Crippen LogP contribution in [0.4, 0.5) is 0 Å². The third kappa shape index (κ3) is 5.14. The number of fused-ring (bicyclic) bond motifs is 1. The molecule has 29 heavy (non-hydrogen) atoms. The standard InChI is InChI=1S/C20H27N3O5S/c1-2-23(15-8-4-3-5-9-15)18(24)14-28-19(25)12-13-21-20-16-10-6-7-11-17(16)29(26,27)22-20/h6-7,10-11,15H,2-5,8-9,12-14H2,1H3,(H,21,22). The van der Waals surface area contributed by atoms with Gasteiger partial charge in [0.25, 0.3) is 15.9 Å². The molecule has 0 aromatic heterocycles. The van der Waals surface area contributed by atoms with Gasteiger partial charge in [-0.15, -0.1) is 0 Å². The van der Waals surface area contributed by atoms with Crippen molar-refractivity contribution in [2.75, 3.05) is 19.7 Å². The first-order valence-corrected chi connectivity index (χ1v) is 11.5. The Balaban J connectivity index is 1.48. The Labute approximate surface area is 171 Å². The number of amides is 1. The molecule has 2 aliphatic rings. The van der Waals surface area contributed by atoms with E-state index in [0.717, 1.165) is 25.7 Å². The fourth-order valence-corrected chi connectivity index (χ4v) is 5.09. The first-order valence-electron chi connectivity index (χ1n) is 10.0. The third-order valence-electron chi connectivity index (χ3n) is 5.28. The predicted octanol–water partition coefficient (Wildman–Crippen LogP) is 1.84. The SMILES string of the molecule is CCN(C(=O)COC(=O)CCN=C1NS(=O)(=O)c2ccccc21)C1CCCCC1. The van der Waals surface area contributed by atoms with Crippen LogP contribution in [0.1, 0.15) is 51.0 Å². The molecule has 0 radical (unpaired) electrons. The predicted molar refractivity (Wildman–Crippen MR) is 108 cm³/mol. The Morgan fingerprint density at radius 1 is 1.21 bits per heavy atom. The maximum Gasteiger partial charge on any atom is 0.308 e. The minimum Gasteiger partial charge on any atom is -0.456 e. The van der Waals surface area contributed by atoms with Crippen molar-refractivity contribution >= 4 is 27.7 Å². The second-order valence-corrected chi connectivity index (χ2v) is 8.87. The highest BCUT2D eigenvalue weighted by molar-refractivity contribution is 7.90. The lowest BCUT2D eigenvalue weighted by molar-refractivity contribution is -0.153. The summed E-state index contributed by atoms with van der Waals surface area (Å²) in [6.45, 7) is 2.34. The Morgan fingerprint density at radius 3 is 2.66 bits per heavy atom. The lowest BCUT2D eigenvalue weighted by Crippen LogP contribution is -2.43. The van der Waals surface area contributed by atoms with Gasteiger partial charge in [0.1, 0.15) is 5.84 Å². The summed E-state index contributed by atoms with van der Waals surface area (Å²) in [5, 5.41) is 0. The molecule has 1 saturated carbocycles. The van der Waals surface area contributed by atoms with Crippen LogP contribution in [0.3, 0.4) is 0 Å². The first kappa shape index (κ1) is 21.3. The monoisotopic (exact) mass is 421 g/mol. The summed E-state index contributed by atoms with van der Waals surface area (Å²) in [7, 11) is -3.60. The van der Waals surface area contributed by atoms with Crippen LogP contribution < -0.4 is 4.72 Å². The third-order valence-corrected chi connectivity index (χ3v) is 6.68. The summed E-state index contributed by atoms with van der Waals surface area (Å²) in [6, 6.07) is 6.77. The molecular weight excluding hydrogens is 394 g/mol. The van der Waals surface area contributed by atoms with Crippen molar-refractivity contribution < 1.29 is 22.7 Å². The van der Waals surface area contributed by atoms with Gasteiger partial charge in [-0.2, -0.15) is 0 Å². The van der Waals surface area contributed by atoms with E-state index in [0.29, 0.717) is 12.1 Å². The number of likely N-dealkylation sites (N-methyl/N-ethyl adjacent to an activating group) is 1. The van der Waals surface area contributed by atoms with E-state index in [2.05, 4.69) is 9.71 Å². The molecule has 1 aromatic carbocycles. The second-order valence-electron chi connectivity index (χ2n) is 7.21. The first-order chi connectivity index (χ1) is 13.9. The van der Waals surface area contributed by atoms with E-state index in [1.54, 1.807) is 23.1 Å². The molecule has 1 aromatic rings. The molecule has 9 heteroatoms. The Bertz CT molecular complexity index is 891. The van der Waals surface area contributed by atoms with Crippen LogP contribution in [0.15, 0.2) is 34.2 Å². The molecule has 1 N–H and O–H groups in total. The number of carbonyl (C=O) groups is 2. The second kappa shape index (κ2) is 9.39. The molecule has 8 nitrogen and oxygen atoms in total. The minimum atomic E-state index is -3.60. The molecule has 1 fully saturated rings. The zero-order valence-electron chi connectivity index (χ0n) is 16.6. The smallest absolute Gasteiger partial charge is 0.308 e. The van der Waals surface area contributed by atoms with E-state index >= 15 is 0 Å². The molecule has 1 amide bonds. The molecule has 1 aliphatic heterocycles. The fourth-order valence-electron chi connectivity index (χ4n) is 3.84. The normalized spacial score (nSPS) is 19.4. The quantitative estimate of drug-likeness (QED) is 0.677. The number of ether oxygens (including phenoxy) is 1. The number of benzene rings is 1. The van der Waals surface area contributed by atoms with Gasteiger partial charge in [0.05, 0.1) is 17.9 Å². The van der Waals surface area contributed by atoms with Crippen LogP contribution in [0.5, 0.6) is 0 Å². The van der Waals surface area contributed by atoms with Crippen molar-refractivity contribution in [3.8, 4) is 0 Å². The van der Waals surface area contributed by atoms with E-state index in [-0.39, 0.29) is 42.3 Å². The number of sulfonamides is 1. The molecule has 158 valence electrons.